The molecule has 1 aromatic rings. The first-order valence-corrected chi connectivity index (χ1v) is 7.09. The summed E-state index contributed by atoms with van der Waals surface area (Å²) < 4.78 is 13.8. The number of nitrogens with zero attached hydrogens (tertiary/aromatic N) is 1. The third-order valence-corrected chi connectivity index (χ3v) is 4.11. The van der Waals surface area contributed by atoms with E-state index in [1.807, 2.05) is 6.92 Å². The van der Waals surface area contributed by atoms with Gasteiger partial charge in [0, 0.05) is 31.0 Å². The Bertz CT molecular complexity index is 518. The molecule has 5 heteroatoms. The lowest BCUT2D eigenvalue weighted by atomic mass is 9.93. The molecule has 2 rings (SSSR count). The van der Waals surface area contributed by atoms with Crippen molar-refractivity contribution < 1.29 is 14.0 Å². The maximum absolute atomic E-state index is 13.4. The van der Waals surface area contributed by atoms with Gasteiger partial charge in [-0.2, -0.15) is 0 Å². The Balaban J connectivity index is 2.15. The lowest BCUT2D eigenvalue weighted by molar-refractivity contribution is -0.125. The molecule has 0 aliphatic carbocycles. The maximum Gasteiger partial charge on any atom is 0.253 e. The highest BCUT2D eigenvalue weighted by molar-refractivity contribution is 9.10. The van der Waals surface area contributed by atoms with Crippen LogP contribution in [0.4, 0.5) is 4.39 Å². The normalized spacial score (nSPS) is 19.6. The standard InChI is InChI=1S/C14H15BrFNO2/c1-2-9-8-17(6-5-13(9)18)14(19)10-3-4-11(15)12(16)7-10/h3-4,7,9H,2,5-6,8H2,1H3. The highest BCUT2D eigenvalue weighted by atomic mass is 79.9. The fourth-order valence-corrected chi connectivity index (χ4v) is 2.51. The van der Waals surface area contributed by atoms with E-state index in [0.717, 1.165) is 6.42 Å². The van der Waals surface area contributed by atoms with Gasteiger partial charge in [-0.05, 0) is 40.5 Å². The van der Waals surface area contributed by atoms with E-state index in [-0.39, 0.29) is 17.6 Å². The third-order valence-electron chi connectivity index (χ3n) is 3.47. The van der Waals surface area contributed by atoms with Crippen molar-refractivity contribution in [2.75, 3.05) is 13.1 Å². The molecule has 1 saturated heterocycles. The summed E-state index contributed by atoms with van der Waals surface area (Å²) in [7, 11) is 0. The summed E-state index contributed by atoms with van der Waals surface area (Å²) in [4.78, 5) is 25.5. The number of piperidine rings is 1. The van der Waals surface area contributed by atoms with Gasteiger partial charge in [0.2, 0.25) is 0 Å². The lowest BCUT2D eigenvalue weighted by Gasteiger charge is -2.31. The molecule has 19 heavy (non-hydrogen) atoms. The van der Waals surface area contributed by atoms with E-state index in [0.29, 0.717) is 29.5 Å². The number of ketones is 1. The second-order valence-electron chi connectivity index (χ2n) is 4.70. The predicted octanol–water partition coefficient (Wildman–Crippen LogP) is 3.03. The molecular formula is C14H15BrFNO2. The van der Waals surface area contributed by atoms with Crippen molar-refractivity contribution in [1.29, 1.82) is 0 Å². The van der Waals surface area contributed by atoms with E-state index < -0.39 is 5.82 Å². The van der Waals surface area contributed by atoms with Crippen LogP contribution in [0.3, 0.4) is 0 Å². The first kappa shape index (κ1) is 14.2. The fourth-order valence-electron chi connectivity index (χ4n) is 2.26. The molecular weight excluding hydrogens is 313 g/mol. The van der Waals surface area contributed by atoms with Crippen LogP contribution in [0.1, 0.15) is 30.1 Å². The van der Waals surface area contributed by atoms with Gasteiger partial charge in [0.1, 0.15) is 11.6 Å². The Morgan fingerprint density at radius 1 is 1.53 bits per heavy atom. The Kier molecular flexibility index (Phi) is 4.34. The smallest absolute Gasteiger partial charge is 0.253 e. The summed E-state index contributed by atoms with van der Waals surface area (Å²) in [5, 5.41) is 0. The molecule has 1 aromatic carbocycles. The Morgan fingerprint density at radius 3 is 2.89 bits per heavy atom. The van der Waals surface area contributed by atoms with E-state index in [1.54, 1.807) is 11.0 Å². The molecule has 0 radical (unpaired) electrons. The second-order valence-corrected chi connectivity index (χ2v) is 5.56. The van der Waals surface area contributed by atoms with Crippen molar-refractivity contribution in [3.63, 3.8) is 0 Å². The largest absolute Gasteiger partial charge is 0.337 e. The number of hydrogen-bond donors (Lipinski definition) is 0. The average molecular weight is 328 g/mol. The van der Waals surface area contributed by atoms with Gasteiger partial charge in [-0.25, -0.2) is 4.39 Å². The van der Waals surface area contributed by atoms with Gasteiger partial charge in [-0.1, -0.05) is 6.92 Å². The average Bonchev–Trinajstić information content (AvgIpc) is 2.41. The number of benzene rings is 1. The Hall–Kier alpha value is -1.23. The van der Waals surface area contributed by atoms with Crippen LogP contribution in [0.15, 0.2) is 22.7 Å². The number of amides is 1. The van der Waals surface area contributed by atoms with Crippen LogP contribution >= 0.6 is 15.9 Å². The molecule has 1 aliphatic heterocycles. The molecule has 3 nitrogen and oxygen atoms in total. The molecule has 1 atom stereocenters. The van der Waals surface area contributed by atoms with Crippen LogP contribution in [0, 0.1) is 11.7 Å². The second kappa shape index (κ2) is 5.82. The zero-order chi connectivity index (χ0) is 14.0. The van der Waals surface area contributed by atoms with Crippen molar-refractivity contribution in [3.8, 4) is 0 Å². The topological polar surface area (TPSA) is 37.4 Å². The molecule has 0 N–H and O–H groups in total. The zero-order valence-corrected chi connectivity index (χ0v) is 12.2. The minimum Gasteiger partial charge on any atom is -0.337 e. The van der Waals surface area contributed by atoms with Crippen LogP contribution in [0.5, 0.6) is 0 Å². The van der Waals surface area contributed by atoms with E-state index in [2.05, 4.69) is 15.9 Å². The van der Waals surface area contributed by atoms with Gasteiger partial charge in [0.05, 0.1) is 4.47 Å². The van der Waals surface area contributed by atoms with Crippen LogP contribution in [0.2, 0.25) is 0 Å². The Morgan fingerprint density at radius 2 is 2.26 bits per heavy atom. The quantitative estimate of drug-likeness (QED) is 0.837. The van der Waals surface area contributed by atoms with Crippen molar-refractivity contribution in [2.45, 2.75) is 19.8 Å². The number of carbonyl (C=O) groups excluding carboxylic acids is 2. The molecule has 0 bridgehead atoms. The Labute approximate surface area is 119 Å². The summed E-state index contributed by atoms with van der Waals surface area (Å²) in [5.41, 5.74) is 0.324. The first-order valence-electron chi connectivity index (χ1n) is 6.30. The monoisotopic (exact) mass is 327 g/mol. The molecule has 1 fully saturated rings. The van der Waals surface area contributed by atoms with Crippen LogP contribution < -0.4 is 0 Å². The predicted molar refractivity (Wildman–Crippen MR) is 73.4 cm³/mol. The van der Waals surface area contributed by atoms with Gasteiger partial charge in [-0.3, -0.25) is 9.59 Å². The highest BCUT2D eigenvalue weighted by Crippen LogP contribution is 2.21. The van der Waals surface area contributed by atoms with Crippen molar-refractivity contribution in [1.82, 2.24) is 4.90 Å². The van der Waals surface area contributed by atoms with E-state index in [1.165, 1.54) is 12.1 Å². The highest BCUT2D eigenvalue weighted by Gasteiger charge is 2.29. The first-order chi connectivity index (χ1) is 9.02. The van der Waals surface area contributed by atoms with Gasteiger partial charge >= 0.3 is 0 Å². The minimum absolute atomic E-state index is 0.0852. The van der Waals surface area contributed by atoms with E-state index in [9.17, 15) is 14.0 Å². The number of rotatable bonds is 2. The summed E-state index contributed by atoms with van der Waals surface area (Å²) in [5.74, 6) is -0.533. The zero-order valence-electron chi connectivity index (χ0n) is 10.7. The molecule has 0 aromatic heterocycles. The van der Waals surface area contributed by atoms with Crippen molar-refractivity contribution in [3.05, 3.63) is 34.1 Å². The van der Waals surface area contributed by atoms with Crippen LogP contribution in [-0.4, -0.2) is 29.7 Å². The number of carbonyl (C=O) groups is 2. The van der Waals surface area contributed by atoms with Gasteiger partial charge in [-0.15, -0.1) is 0 Å². The molecule has 0 spiro atoms. The van der Waals surface area contributed by atoms with E-state index in [4.69, 9.17) is 0 Å². The summed E-state index contributed by atoms with van der Waals surface area (Å²) >= 11 is 3.06. The van der Waals surface area contributed by atoms with Crippen molar-refractivity contribution in [2.24, 2.45) is 5.92 Å². The van der Waals surface area contributed by atoms with Crippen LogP contribution in [0.25, 0.3) is 0 Å². The number of likely N-dealkylation sites (tertiary alicyclic amines) is 1. The third kappa shape index (κ3) is 3.03. The number of Topliss-reactive ketones (excluding diaryl/α,β-unsaturated/α-hetero) is 1. The molecule has 1 heterocycles. The van der Waals surface area contributed by atoms with Gasteiger partial charge in [0.15, 0.2) is 0 Å². The lowest BCUT2D eigenvalue weighted by Crippen LogP contribution is -2.43. The minimum atomic E-state index is -0.453. The molecule has 1 unspecified atom stereocenters. The summed E-state index contributed by atoms with van der Waals surface area (Å²) in [6.45, 7) is 2.80. The summed E-state index contributed by atoms with van der Waals surface area (Å²) in [6.07, 6.45) is 1.13. The number of hydrogen-bond acceptors (Lipinski definition) is 2. The van der Waals surface area contributed by atoms with E-state index >= 15 is 0 Å². The SMILES string of the molecule is CCC1CN(C(=O)c2ccc(Br)c(F)c2)CCC1=O. The number of halogens is 2. The van der Waals surface area contributed by atoms with Crippen molar-refractivity contribution >= 4 is 27.6 Å². The fraction of sp³-hybridized carbons (Fsp3) is 0.429. The van der Waals surface area contributed by atoms with Gasteiger partial charge < -0.3 is 4.90 Å². The molecule has 0 saturated carbocycles. The molecule has 1 amide bonds. The van der Waals surface area contributed by atoms with Gasteiger partial charge in [0.25, 0.3) is 5.91 Å². The molecule has 102 valence electrons. The van der Waals surface area contributed by atoms with Crippen LogP contribution in [-0.2, 0) is 4.79 Å². The summed E-state index contributed by atoms with van der Waals surface area (Å²) in [6, 6.07) is 4.34. The molecule has 1 aliphatic rings. The maximum atomic E-state index is 13.4.